The van der Waals surface area contributed by atoms with Crippen molar-refractivity contribution < 1.29 is 4.79 Å². The Morgan fingerprint density at radius 2 is 2.04 bits per heavy atom. The van der Waals surface area contributed by atoms with Crippen LogP contribution in [0.4, 0.5) is 10.7 Å². The summed E-state index contributed by atoms with van der Waals surface area (Å²) in [4.78, 5) is 16.4. The molecule has 1 amide bonds. The Morgan fingerprint density at radius 1 is 1.23 bits per heavy atom. The third-order valence-electron chi connectivity index (χ3n) is 5.54. The highest BCUT2D eigenvalue weighted by Crippen LogP contribution is 2.37. The van der Waals surface area contributed by atoms with Crippen LogP contribution in [0.5, 0.6) is 0 Å². The van der Waals surface area contributed by atoms with Gasteiger partial charge in [0.15, 0.2) is 0 Å². The van der Waals surface area contributed by atoms with Gasteiger partial charge in [-0.3, -0.25) is 4.79 Å². The fraction of sp³-hybridized carbons (Fsp3) is 0.429. The number of thiophene rings is 1. The third-order valence-corrected chi connectivity index (χ3v) is 6.75. The van der Waals surface area contributed by atoms with E-state index in [1.165, 1.54) is 28.8 Å². The lowest BCUT2D eigenvalue weighted by atomic mass is 10.1. The van der Waals surface area contributed by atoms with E-state index in [9.17, 15) is 10.1 Å². The highest BCUT2D eigenvalue weighted by Gasteiger charge is 2.29. The molecule has 5 heteroatoms. The highest BCUT2D eigenvalue weighted by molar-refractivity contribution is 7.16. The van der Waals surface area contributed by atoms with Gasteiger partial charge in [0.05, 0.1) is 5.56 Å². The number of nitrogens with zero attached hydrogens (tertiary/aromatic N) is 2. The number of nitrogens with one attached hydrogen (secondary N) is 1. The van der Waals surface area contributed by atoms with Crippen LogP contribution >= 0.6 is 11.3 Å². The average molecular weight is 366 g/mol. The van der Waals surface area contributed by atoms with E-state index in [2.05, 4.69) is 28.4 Å². The fourth-order valence-corrected chi connectivity index (χ4v) is 5.32. The average Bonchev–Trinajstić information content (AvgIpc) is 3.14. The maximum atomic E-state index is 12.9. The minimum Gasteiger partial charge on any atom is -0.359 e. The molecule has 4 nitrogen and oxygen atoms in total. The van der Waals surface area contributed by atoms with Crippen LogP contribution in [-0.2, 0) is 24.1 Å². The molecular weight excluding hydrogens is 342 g/mol. The van der Waals surface area contributed by atoms with Gasteiger partial charge in [0, 0.05) is 17.1 Å². The van der Waals surface area contributed by atoms with Crippen LogP contribution in [0, 0.1) is 11.3 Å². The standard InChI is InChI=1S/C21H23N3OS/c1-14(24-12-11-15-7-5-6-9-18(15)24)20(25)23-21-17(13-22)16-8-3-2-4-10-19(16)26-21/h5-7,9,14H,2-4,8,10-12H2,1H3,(H,23,25). The maximum absolute atomic E-state index is 12.9. The number of anilines is 2. The van der Waals surface area contributed by atoms with Crippen molar-refractivity contribution in [2.24, 2.45) is 0 Å². The molecule has 0 saturated heterocycles. The number of aryl methyl sites for hydroxylation is 1. The first-order valence-electron chi connectivity index (χ1n) is 9.39. The van der Waals surface area contributed by atoms with Crippen molar-refractivity contribution in [2.75, 3.05) is 16.8 Å². The molecule has 0 radical (unpaired) electrons. The normalized spacial score (nSPS) is 17.0. The number of hydrogen-bond acceptors (Lipinski definition) is 4. The number of amides is 1. The summed E-state index contributed by atoms with van der Waals surface area (Å²) in [5, 5.41) is 13.4. The van der Waals surface area contributed by atoms with Gasteiger partial charge >= 0.3 is 0 Å². The van der Waals surface area contributed by atoms with E-state index in [-0.39, 0.29) is 11.9 Å². The molecule has 2 aromatic rings. The van der Waals surface area contributed by atoms with Gasteiger partial charge in [0.1, 0.15) is 17.1 Å². The molecule has 2 aliphatic rings. The first-order chi connectivity index (χ1) is 12.7. The van der Waals surface area contributed by atoms with Crippen LogP contribution < -0.4 is 10.2 Å². The lowest BCUT2D eigenvalue weighted by Crippen LogP contribution is -2.41. The molecule has 1 aliphatic carbocycles. The molecule has 0 saturated carbocycles. The van der Waals surface area contributed by atoms with Crippen LogP contribution in [0.25, 0.3) is 0 Å². The number of hydrogen-bond donors (Lipinski definition) is 1. The summed E-state index contributed by atoms with van der Waals surface area (Å²) in [5.41, 5.74) is 4.31. The van der Waals surface area contributed by atoms with E-state index in [0.29, 0.717) is 5.56 Å². The molecule has 4 rings (SSSR count). The summed E-state index contributed by atoms with van der Waals surface area (Å²) in [5.74, 6) is -0.0328. The lowest BCUT2D eigenvalue weighted by Gasteiger charge is -2.26. The van der Waals surface area contributed by atoms with Crippen molar-refractivity contribution in [3.05, 3.63) is 45.8 Å². The van der Waals surface area contributed by atoms with Crippen molar-refractivity contribution in [3.8, 4) is 6.07 Å². The van der Waals surface area contributed by atoms with Crippen LogP contribution in [0.2, 0.25) is 0 Å². The van der Waals surface area contributed by atoms with Gasteiger partial charge < -0.3 is 10.2 Å². The van der Waals surface area contributed by atoms with Gasteiger partial charge in [-0.1, -0.05) is 24.6 Å². The second kappa shape index (κ2) is 7.13. The minimum atomic E-state index is -0.257. The predicted molar refractivity (Wildman–Crippen MR) is 106 cm³/mol. The van der Waals surface area contributed by atoms with Crippen molar-refractivity contribution in [1.82, 2.24) is 0 Å². The van der Waals surface area contributed by atoms with Crippen LogP contribution in [-0.4, -0.2) is 18.5 Å². The second-order valence-electron chi connectivity index (χ2n) is 7.12. The maximum Gasteiger partial charge on any atom is 0.247 e. The van der Waals surface area contributed by atoms with Gasteiger partial charge in [-0.2, -0.15) is 5.26 Å². The van der Waals surface area contributed by atoms with Crippen LogP contribution in [0.15, 0.2) is 24.3 Å². The molecule has 2 heterocycles. The smallest absolute Gasteiger partial charge is 0.247 e. The van der Waals surface area contributed by atoms with E-state index >= 15 is 0 Å². The molecule has 1 unspecified atom stereocenters. The number of nitriles is 1. The van der Waals surface area contributed by atoms with Crippen molar-refractivity contribution >= 4 is 27.9 Å². The van der Waals surface area contributed by atoms with Gasteiger partial charge in [0.25, 0.3) is 0 Å². The number of para-hydroxylation sites is 1. The molecule has 1 atom stereocenters. The Labute approximate surface area is 158 Å². The van der Waals surface area contributed by atoms with Gasteiger partial charge in [-0.05, 0) is 56.2 Å². The van der Waals surface area contributed by atoms with Gasteiger partial charge in [-0.25, -0.2) is 0 Å². The number of benzene rings is 1. The summed E-state index contributed by atoms with van der Waals surface area (Å²) < 4.78 is 0. The monoisotopic (exact) mass is 365 g/mol. The van der Waals surface area contributed by atoms with Crippen LogP contribution in [0.3, 0.4) is 0 Å². The lowest BCUT2D eigenvalue weighted by molar-refractivity contribution is -0.117. The Bertz CT molecular complexity index is 880. The third kappa shape index (κ3) is 2.99. The number of carbonyl (C=O) groups excluding carboxylic acids is 1. The topological polar surface area (TPSA) is 56.1 Å². The molecule has 0 bridgehead atoms. The van der Waals surface area contributed by atoms with Crippen molar-refractivity contribution in [1.29, 1.82) is 5.26 Å². The summed E-state index contributed by atoms with van der Waals surface area (Å²) >= 11 is 1.60. The van der Waals surface area contributed by atoms with E-state index in [4.69, 9.17) is 0 Å². The predicted octanol–water partition coefficient (Wildman–Crippen LogP) is 4.28. The molecule has 1 aromatic heterocycles. The molecule has 1 aliphatic heterocycles. The molecule has 1 aromatic carbocycles. The Kier molecular flexibility index (Phi) is 4.69. The second-order valence-corrected chi connectivity index (χ2v) is 8.22. The van der Waals surface area contributed by atoms with E-state index in [1.807, 2.05) is 19.1 Å². The molecule has 0 fully saturated rings. The largest absolute Gasteiger partial charge is 0.359 e. The Hall–Kier alpha value is -2.32. The highest BCUT2D eigenvalue weighted by atomic mass is 32.1. The number of rotatable bonds is 3. The van der Waals surface area contributed by atoms with Crippen molar-refractivity contribution in [2.45, 2.75) is 51.5 Å². The zero-order valence-electron chi connectivity index (χ0n) is 15.0. The summed E-state index contributed by atoms with van der Waals surface area (Å²) in [6, 6.07) is 10.4. The molecule has 26 heavy (non-hydrogen) atoms. The molecule has 134 valence electrons. The first-order valence-corrected chi connectivity index (χ1v) is 10.2. The first kappa shape index (κ1) is 17.1. The van der Waals surface area contributed by atoms with Crippen LogP contribution in [0.1, 0.15) is 47.8 Å². The van der Waals surface area contributed by atoms with Crippen molar-refractivity contribution in [3.63, 3.8) is 0 Å². The number of carbonyl (C=O) groups is 1. The van der Waals surface area contributed by atoms with Gasteiger partial charge in [0.2, 0.25) is 5.91 Å². The fourth-order valence-electron chi connectivity index (χ4n) is 4.07. The minimum absolute atomic E-state index is 0.0328. The SMILES string of the molecule is CC(C(=O)Nc1sc2c(c1C#N)CCCCC2)N1CCc2ccccc21. The quantitative estimate of drug-likeness (QED) is 0.826. The number of fused-ring (bicyclic) bond motifs is 2. The molecule has 0 spiro atoms. The summed E-state index contributed by atoms with van der Waals surface area (Å²) in [7, 11) is 0. The Morgan fingerprint density at radius 3 is 2.88 bits per heavy atom. The zero-order chi connectivity index (χ0) is 18.1. The summed E-state index contributed by atoms with van der Waals surface area (Å²) in [6.45, 7) is 2.81. The molecular formula is C21H23N3OS. The Balaban J connectivity index is 1.55. The van der Waals surface area contributed by atoms with E-state index in [1.54, 1.807) is 11.3 Å². The van der Waals surface area contributed by atoms with E-state index in [0.717, 1.165) is 42.9 Å². The van der Waals surface area contributed by atoms with Gasteiger partial charge in [-0.15, -0.1) is 11.3 Å². The molecule has 1 N–H and O–H groups in total. The van der Waals surface area contributed by atoms with E-state index < -0.39 is 0 Å². The zero-order valence-corrected chi connectivity index (χ0v) is 15.9. The summed E-state index contributed by atoms with van der Waals surface area (Å²) in [6.07, 6.45) is 6.49.